The summed E-state index contributed by atoms with van der Waals surface area (Å²) in [5.74, 6) is 2.24. The van der Waals surface area contributed by atoms with E-state index in [1.807, 2.05) is 12.1 Å². The van der Waals surface area contributed by atoms with Crippen LogP contribution < -0.4 is 0 Å². The highest BCUT2D eigenvalue weighted by Crippen LogP contribution is 2.32. The molecule has 0 saturated heterocycles. The molecule has 0 radical (unpaired) electrons. The van der Waals surface area contributed by atoms with Crippen LogP contribution in [0, 0.1) is 11.8 Å². The van der Waals surface area contributed by atoms with E-state index in [2.05, 4.69) is 12.1 Å². The topological polar surface area (TPSA) is 0 Å². The van der Waals surface area contributed by atoms with E-state index in [0.717, 1.165) is 23.2 Å². The lowest BCUT2D eigenvalue weighted by atomic mass is 9.83. The minimum Gasteiger partial charge on any atom is -0.126 e. The third-order valence-corrected chi connectivity index (χ3v) is 4.82. The standard InChI is InChI=1S/C16H22Cl2/c17-12-15(14-5-3-1-2-4-6-14)11-13-7-9-16(18)10-8-13/h7-10,14-15H,1-6,11-12H2. The predicted octanol–water partition coefficient (Wildman–Crippen LogP) is 5.71. The van der Waals surface area contributed by atoms with Crippen molar-refractivity contribution < 1.29 is 0 Å². The van der Waals surface area contributed by atoms with Crippen LogP contribution >= 0.6 is 23.2 Å². The third-order valence-electron chi connectivity index (χ3n) is 4.18. The molecule has 0 nitrogen and oxygen atoms in total. The van der Waals surface area contributed by atoms with E-state index in [1.54, 1.807) is 0 Å². The van der Waals surface area contributed by atoms with Crippen molar-refractivity contribution in [2.45, 2.75) is 44.9 Å². The summed E-state index contributed by atoms with van der Waals surface area (Å²) in [6, 6.07) is 8.24. The summed E-state index contributed by atoms with van der Waals surface area (Å²) in [5, 5.41) is 0.815. The molecule has 0 aliphatic heterocycles. The van der Waals surface area contributed by atoms with Crippen LogP contribution in [-0.2, 0) is 6.42 Å². The molecule has 1 atom stereocenters. The molecule has 1 aromatic carbocycles. The van der Waals surface area contributed by atoms with Crippen LogP contribution in [0.5, 0.6) is 0 Å². The Kier molecular flexibility index (Phi) is 5.85. The zero-order chi connectivity index (χ0) is 12.8. The number of halogens is 2. The summed E-state index contributed by atoms with van der Waals surface area (Å²) in [4.78, 5) is 0. The monoisotopic (exact) mass is 284 g/mol. The van der Waals surface area contributed by atoms with E-state index in [-0.39, 0.29) is 0 Å². The number of benzene rings is 1. The second kappa shape index (κ2) is 7.40. The Hall–Kier alpha value is -0.200. The van der Waals surface area contributed by atoms with Gasteiger partial charge in [-0.05, 0) is 36.0 Å². The van der Waals surface area contributed by atoms with Gasteiger partial charge in [-0.15, -0.1) is 11.6 Å². The maximum atomic E-state index is 6.21. The van der Waals surface area contributed by atoms with Crippen LogP contribution in [0.25, 0.3) is 0 Å². The summed E-state index contributed by atoms with van der Waals surface area (Å²) < 4.78 is 0. The molecule has 0 N–H and O–H groups in total. The fourth-order valence-electron chi connectivity index (χ4n) is 3.05. The molecule has 1 aromatic rings. The molecule has 2 rings (SSSR count). The van der Waals surface area contributed by atoms with Crippen molar-refractivity contribution in [1.82, 2.24) is 0 Å². The fraction of sp³-hybridized carbons (Fsp3) is 0.625. The van der Waals surface area contributed by atoms with Gasteiger partial charge in [-0.25, -0.2) is 0 Å². The average molecular weight is 285 g/mol. The summed E-state index contributed by atoms with van der Waals surface area (Å²) in [5.41, 5.74) is 1.37. The second-order valence-electron chi connectivity index (χ2n) is 5.50. The normalized spacial score (nSPS) is 19.4. The van der Waals surface area contributed by atoms with Crippen molar-refractivity contribution in [2.24, 2.45) is 11.8 Å². The van der Waals surface area contributed by atoms with Crippen molar-refractivity contribution in [3.8, 4) is 0 Å². The lowest BCUT2D eigenvalue weighted by Gasteiger charge is -2.24. The highest BCUT2D eigenvalue weighted by Gasteiger charge is 2.22. The van der Waals surface area contributed by atoms with Crippen LogP contribution in [0.4, 0.5) is 0 Å². The molecule has 1 aliphatic carbocycles. The van der Waals surface area contributed by atoms with Crippen molar-refractivity contribution in [1.29, 1.82) is 0 Å². The number of rotatable bonds is 4. The van der Waals surface area contributed by atoms with Gasteiger partial charge in [-0.1, -0.05) is 62.3 Å². The number of hydrogen-bond acceptors (Lipinski definition) is 0. The van der Waals surface area contributed by atoms with Gasteiger partial charge in [0.25, 0.3) is 0 Å². The molecule has 0 amide bonds. The highest BCUT2D eigenvalue weighted by molar-refractivity contribution is 6.30. The molecule has 1 unspecified atom stereocenters. The van der Waals surface area contributed by atoms with E-state index in [9.17, 15) is 0 Å². The van der Waals surface area contributed by atoms with Crippen molar-refractivity contribution in [2.75, 3.05) is 5.88 Å². The first-order chi connectivity index (χ1) is 8.79. The Labute approximate surface area is 121 Å². The summed E-state index contributed by atoms with van der Waals surface area (Å²) in [6.45, 7) is 0. The van der Waals surface area contributed by atoms with E-state index >= 15 is 0 Å². The van der Waals surface area contributed by atoms with E-state index < -0.39 is 0 Å². The minimum absolute atomic E-state index is 0.631. The quantitative estimate of drug-likeness (QED) is 0.491. The molecule has 0 spiro atoms. The Morgan fingerprint density at radius 2 is 1.61 bits per heavy atom. The predicted molar refractivity (Wildman–Crippen MR) is 80.6 cm³/mol. The van der Waals surface area contributed by atoms with Gasteiger partial charge in [0.15, 0.2) is 0 Å². The Morgan fingerprint density at radius 1 is 1.00 bits per heavy atom. The summed E-state index contributed by atoms with van der Waals surface area (Å²) in [6.07, 6.45) is 9.43. The Morgan fingerprint density at radius 3 is 2.17 bits per heavy atom. The third kappa shape index (κ3) is 4.17. The van der Waals surface area contributed by atoms with E-state index in [0.29, 0.717) is 5.92 Å². The lowest BCUT2D eigenvalue weighted by molar-refractivity contribution is 0.321. The Bertz CT molecular complexity index is 337. The molecular weight excluding hydrogens is 263 g/mol. The van der Waals surface area contributed by atoms with Gasteiger partial charge in [0.1, 0.15) is 0 Å². The van der Waals surface area contributed by atoms with Gasteiger partial charge in [-0.2, -0.15) is 0 Å². The Balaban J connectivity index is 1.97. The van der Waals surface area contributed by atoms with Gasteiger partial charge in [-0.3, -0.25) is 0 Å². The second-order valence-corrected chi connectivity index (χ2v) is 6.24. The summed E-state index contributed by atoms with van der Waals surface area (Å²) >= 11 is 12.1. The SMILES string of the molecule is ClCC(Cc1ccc(Cl)cc1)C1CCCCCC1. The molecule has 100 valence electrons. The molecular formula is C16H22Cl2. The molecule has 0 bridgehead atoms. The van der Waals surface area contributed by atoms with Crippen molar-refractivity contribution in [3.63, 3.8) is 0 Å². The smallest absolute Gasteiger partial charge is 0.0406 e. The zero-order valence-corrected chi connectivity index (χ0v) is 12.4. The first kappa shape index (κ1) is 14.2. The molecule has 18 heavy (non-hydrogen) atoms. The van der Waals surface area contributed by atoms with Gasteiger partial charge < -0.3 is 0 Å². The van der Waals surface area contributed by atoms with Gasteiger partial charge in [0.05, 0.1) is 0 Å². The lowest BCUT2D eigenvalue weighted by Crippen LogP contribution is -2.18. The van der Waals surface area contributed by atoms with E-state index in [1.165, 1.54) is 44.1 Å². The van der Waals surface area contributed by atoms with Crippen LogP contribution in [0.15, 0.2) is 24.3 Å². The zero-order valence-electron chi connectivity index (χ0n) is 10.9. The molecule has 2 heteroatoms. The van der Waals surface area contributed by atoms with E-state index in [4.69, 9.17) is 23.2 Å². The first-order valence-corrected chi connectivity index (χ1v) is 8.01. The average Bonchev–Trinajstić information content (AvgIpc) is 2.67. The van der Waals surface area contributed by atoms with Gasteiger partial charge in [0, 0.05) is 10.9 Å². The molecule has 1 saturated carbocycles. The van der Waals surface area contributed by atoms with Crippen LogP contribution in [0.2, 0.25) is 5.02 Å². The van der Waals surface area contributed by atoms with Crippen LogP contribution in [-0.4, -0.2) is 5.88 Å². The van der Waals surface area contributed by atoms with Crippen molar-refractivity contribution >= 4 is 23.2 Å². The van der Waals surface area contributed by atoms with Crippen LogP contribution in [0.3, 0.4) is 0 Å². The highest BCUT2D eigenvalue weighted by atomic mass is 35.5. The number of alkyl halides is 1. The minimum atomic E-state index is 0.631. The van der Waals surface area contributed by atoms with Crippen molar-refractivity contribution in [3.05, 3.63) is 34.9 Å². The number of hydrogen-bond donors (Lipinski definition) is 0. The maximum absolute atomic E-state index is 6.21. The molecule has 0 aromatic heterocycles. The molecule has 1 fully saturated rings. The van der Waals surface area contributed by atoms with Gasteiger partial charge in [0.2, 0.25) is 0 Å². The summed E-state index contributed by atoms with van der Waals surface area (Å²) in [7, 11) is 0. The molecule has 0 heterocycles. The first-order valence-electron chi connectivity index (χ1n) is 7.10. The molecule has 1 aliphatic rings. The van der Waals surface area contributed by atoms with Gasteiger partial charge >= 0.3 is 0 Å². The van der Waals surface area contributed by atoms with Crippen LogP contribution in [0.1, 0.15) is 44.1 Å². The fourth-order valence-corrected chi connectivity index (χ4v) is 3.54. The maximum Gasteiger partial charge on any atom is 0.0406 e. The largest absolute Gasteiger partial charge is 0.126 e.